The molecule has 0 radical (unpaired) electrons. The van der Waals surface area contributed by atoms with E-state index >= 15 is 0 Å². The molecule has 2 aromatic rings. The fraction of sp³-hybridized carbons (Fsp3) is 0.500. The summed E-state index contributed by atoms with van der Waals surface area (Å²) in [4.78, 5) is 19.3. The summed E-state index contributed by atoms with van der Waals surface area (Å²) in [5.74, 6) is -0.241. The van der Waals surface area contributed by atoms with Crippen LogP contribution < -0.4 is 5.32 Å². The summed E-state index contributed by atoms with van der Waals surface area (Å²) in [7, 11) is 0. The molecule has 0 atom stereocenters. The average molecular weight is 396 g/mol. The van der Waals surface area contributed by atoms with Crippen molar-refractivity contribution in [3.63, 3.8) is 0 Å². The molecule has 9 heteroatoms. The Kier molecular flexibility index (Phi) is 5.65. The highest BCUT2D eigenvalue weighted by atomic mass is 32.2. The van der Waals surface area contributed by atoms with E-state index in [0.717, 1.165) is 49.6 Å². The summed E-state index contributed by atoms with van der Waals surface area (Å²) < 4.78 is 38.3. The molecule has 27 heavy (non-hydrogen) atoms. The Morgan fingerprint density at radius 3 is 2.63 bits per heavy atom. The summed E-state index contributed by atoms with van der Waals surface area (Å²) in [5, 5.41) is 12.7. The van der Waals surface area contributed by atoms with Gasteiger partial charge in [0.1, 0.15) is 5.54 Å². The number of aromatic nitrogens is 2. The van der Waals surface area contributed by atoms with E-state index in [1.54, 1.807) is 0 Å². The fourth-order valence-electron chi connectivity index (χ4n) is 3.26. The van der Waals surface area contributed by atoms with E-state index in [-0.39, 0.29) is 17.2 Å². The second-order valence-electron chi connectivity index (χ2n) is 6.72. The number of nitrogens with one attached hydrogen (secondary N) is 2. The van der Waals surface area contributed by atoms with Crippen LogP contribution in [-0.2, 0) is 11.0 Å². The van der Waals surface area contributed by atoms with Gasteiger partial charge in [0.2, 0.25) is 5.91 Å². The summed E-state index contributed by atoms with van der Waals surface area (Å²) in [6.07, 6.45) is 0.810. The topological polar surface area (TPSA) is 81.6 Å². The molecular weight excluding hydrogens is 377 g/mol. The number of carbonyl (C=O) groups is 1. The lowest BCUT2D eigenvalue weighted by Crippen LogP contribution is -2.47. The molecule has 1 fully saturated rings. The number of imidazole rings is 1. The molecule has 1 heterocycles. The van der Waals surface area contributed by atoms with Crippen molar-refractivity contribution in [1.82, 2.24) is 15.3 Å². The predicted octanol–water partition coefficient (Wildman–Crippen LogP) is 4.41. The Morgan fingerprint density at radius 2 is 2.00 bits per heavy atom. The van der Waals surface area contributed by atoms with Gasteiger partial charge in [0, 0.05) is 0 Å². The normalized spacial score (nSPS) is 17.3. The van der Waals surface area contributed by atoms with Gasteiger partial charge in [-0.25, -0.2) is 4.98 Å². The van der Waals surface area contributed by atoms with Gasteiger partial charge in [-0.05, 0) is 31.0 Å². The molecule has 0 bridgehead atoms. The van der Waals surface area contributed by atoms with Crippen molar-refractivity contribution in [1.29, 1.82) is 5.26 Å². The first-order valence-corrected chi connectivity index (χ1v) is 9.72. The molecule has 1 aromatic heterocycles. The second kappa shape index (κ2) is 7.80. The number of halogens is 3. The standard InChI is InChI=1S/C18H19F3N4OS/c19-18(20,21)12-5-6-13-14(9-12)24-16(23-13)27-10-15(26)25-17(11-22)7-3-1-2-4-8-17/h5-6,9H,1-4,7-8,10H2,(H,23,24)(H,25,26). The minimum atomic E-state index is -4.42. The fourth-order valence-corrected chi connectivity index (χ4v) is 3.95. The summed E-state index contributed by atoms with van der Waals surface area (Å²) in [5.41, 5.74) is -0.894. The minimum absolute atomic E-state index is 0.0371. The highest BCUT2D eigenvalue weighted by Crippen LogP contribution is 2.32. The Morgan fingerprint density at radius 1 is 1.30 bits per heavy atom. The quantitative estimate of drug-likeness (QED) is 0.593. The third kappa shape index (κ3) is 4.75. The van der Waals surface area contributed by atoms with Gasteiger partial charge in [-0.15, -0.1) is 0 Å². The van der Waals surface area contributed by atoms with E-state index in [1.165, 1.54) is 6.07 Å². The van der Waals surface area contributed by atoms with Crippen LogP contribution in [0.1, 0.15) is 44.1 Å². The molecule has 0 saturated heterocycles. The van der Waals surface area contributed by atoms with Crippen molar-refractivity contribution in [2.45, 2.75) is 55.4 Å². The van der Waals surface area contributed by atoms with Crippen LogP contribution in [0.3, 0.4) is 0 Å². The molecule has 1 aromatic carbocycles. The highest BCUT2D eigenvalue weighted by Gasteiger charge is 2.33. The van der Waals surface area contributed by atoms with Crippen LogP contribution >= 0.6 is 11.8 Å². The molecular formula is C18H19F3N4OS. The van der Waals surface area contributed by atoms with Gasteiger partial charge in [-0.3, -0.25) is 4.79 Å². The summed E-state index contributed by atoms with van der Waals surface area (Å²) >= 11 is 1.10. The number of nitrogens with zero attached hydrogens (tertiary/aromatic N) is 2. The van der Waals surface area contributed by atoms with E-state index < -0.39 is 17.3 Å². The Hall–Kier alpha value is -2.21. The summed E-state index contributed by atoms with van der Waals surface area (Å²) in [6.45, 7) is 0. The molecule has 1 saturated carbocycles. The molecule has 0 aliphatic heterocycles. The van der Waals surface area contributed by atoms with Crippen molar-refractivity contribution >= 4 is 28.7 Å². The first-order valence-electron chi connectivity index (χ1n) is 8.73. The maximum absolute atomic E-state index is 12.8. The first-order chi connectivity index (χ1) is 12.8. The molecule has 0 unspecified atom stereocenters. The highest BCUT2D eigenvalue weighted by molar-refractivity contribution is 7.99. The minimum Gasteiger partial charge on any atom is -0.337 e. The lowest BCUT2D eigenvalue weighted by atomic mass is 9.92. The maximum Gasteiger partial charge on any atom is 0.416 e. The lowest BCUT2D eigenvalue weighted by Gasteiger charge is -2.26. The molecule has 5 nitrogen and oxygen atoms in total. The van der Waals surface area contributed by atoms with Crippen LogP contribution in [0.2, 0.25) is 0 Å². The predicted molar refractivity (Wildman–Crippen MR) is 96.0 cm³/mol. The van der Waals surface area contributed by atoms with E-state index in [0.29, 0.717) is 23.5 Å². The third-order valence-electron chi connectivity index (χ3n) is 4.68. The van der Waals surface area contributed by atoms with Gasteiger partial charge in [0.25, 0.3) is 0 Å². The first kappa shape index (κ1) is 19.5. The number of benzene rings is 1. The van der Waals surface area contributed by atoms with Gasteiger partial charge in [-0.1, -0.05) is 37.4 Å². The molecule has 1 amide bonds. The zero-order chi connectivity index (χ0) is 19.5. The number of rotatable bonds is 4. The molecule has 2 N–H and O–H groups in total. The number of hydrogen-bond acceptors (Lipinski definition) is 4. The second-order valence-corrected chi connectivity index (χ2v) is 7.68. The molecule has 1 aliphatic rings. The number of alkyl halides is 3. The van der Waals surface area contributed by atoms with Gasteiger partial charge in [-0.2, -0.15) is 18.4 Å². The smallest absolute Gasteiger partial charge is 0.337 e. The van der Waals surface area contributed by atoms with Gasteiger partial charge in [0.05, 0.1) is 28.4 Å². The van der Waals surface area contributed by atoms with Crippen LogP contribution in [0, 0.1) is 11.3 Å². The zero-order valence-electron chi connectivity index (χ0n) is 14.5. The number of fused-ring (bicyclic) bond motifs is 1. The van der Waals surface area contributed by atoms with Crippen molar-refractivity contribution in [3.05, 3.63) is 23.8 Å². The molecule has 1 aliphatic carbocycles. The van der Waals surface area contributed by atoms with Gasteiger partial charge in [0.15, 0.2) is 5.16 Å². The van der Waals surface area contributed by atoms with Gasteiger partial charge >= 0.3 is 6.18 Å². The third-order valence-corrected chi connectivity index (χ3v) is 5.55. The van der Waals surface area contributed by atoms with Crippen molar-refractivity contribution in [2.24, 2.45) is 0 Å². The zero-order valence-corrected chi connectivity index (χ0v) is 15.3. The largest absolute Gasteiger partial charge is 0.416 e. The molecule has 0 spiro atoms. The SMILES string of the molecule is N#CC1(NC(=O)CSc2nc3ccc(C(F)(F)F)cc3[nH]2)CCCCCC1. The van der Waals surface area contributed by atoms with Crippen LogP contribution in [0.4, 0.5) is 13.2 Å². The van der Waals surface area contributed by atoms with E-state index in [1.807, 2.05) is 0 Å². The summed E-state index contributed by atoms with van der Waals surface area (Å²) in [6, 6.07) is 5.54. The number of aromatic amines is 1. The number of hydrogen-bond donors (Lipinski definition) is 2. The van der Waals surface area contributed by atoms with Crippen molar-refractivity contribution in [2.75, 3.05) is 5.75 Å². The Balaban J connectivity index is 1.64. The number of H-pyrrole nitrogens is 1. The number of carbonyl (C=O) groups excluding carboxylic acids is 1. The van der Waals surface area contributed by atoms with Crippen LogP contribution in [0.5, 0.6) is 0 Å². The van der Waals surface area contributed by atoms with Crippen molar-refractivity contribution in [3.8, 4) is 6.07 Å². The van der Waals surface area contributed by atoms with E-state index in [9.17, 15) is 23.2 Å². The monoisotopic (exact) mass is 396 g/mol. The molecule has 144 valence electrons. The van der Waals surface area contributed by atoms with E-state index in [4.69, 9.17) is 0 Å². The Bertz CT molecular complexity index is 864. The van der Waals surface area contributed by atoms with Gasteiger partial charge < -0.3 is 10.3 Å². The number of amides is 1. The van der Waals surface area contributed by atoms with Crippen molar-refractivity contribution < 1.29 is 18.0 Å². The molecule has 3 rings (SSSR count). The van der Waals surface area contributed by atoms with Crippen LogP contribution in [0.15, 0.2) is 23.4 Å². The average Bonchev–Trinajstić information content (AvgIpc) is 2.89. The van der Waals surface area contributed by atoms with Crippen LogP contribution in [-0.4, -0.2) is 27.2 Å². The maximum atomic E-state index is 12.8. The van der Waals surface area contributed by atoms with E-state index in [2.05, 4.69) is 21.4 Å². The number of thioether (sulfide) groups is 1. The lowest BCUT2D eigenvalue weighted by molar-refractivity contribution is -0.137. The van der Waals surface area contributed by atoms with Crippen LogP contribution in [0.25, 0.3) is 11.0 Å². The Labute approximate surface area is 158 Å². The number of nitriles is 1.